The topological polar surface area (TPSA) is 73.6 Å². The van der Waals surface area contributed by atoms with E-state index >= 15 is 0 Å². The van der Waals surface area contributed by atoms with E-state index in [-0.39, 0.29) is 5.91 Å². The van der Waals surface area contributed by atoms with Gasteiger partial charge in [-0.25, -0.2) is 0 Å². The Morgan fingerprint density at radius 1 is 1.44 bits per heavy atom. The largest absolute Gasteiger partial charge is 0.494 e. The van der Waals surface area contributed by atoms with Crippen molar-refractivity contribution in [3.8, 4) is 5.75 Å². The molecule has 0 aliphatic carbocycles. The number of nitrogens with one attached hydrogen (secondary N) is 1. The van der Waals surface area contributed by atoms with E-state index in [9.17, 15) is 4.79 Å². The Bertz CT molecular complexity index is 366. The van der Waals surface area contributed by atoms with Crippen LogP contribution in [0.4, 0.5) is 11.4 Å². The van der Waals surface area contributed by atoms with Crippen LogP contribution in [0.15, 0.2) is 18.2 Å². The van der Waals surface area contributed by atoms with Gasteiger partial charge in [-0.3, -0.25) is 4.79 Å². The average molecular weight is 224 g/mol. The molecule has 88 valence electrons. The molecule has 5 heteroatoms. The Morgan fingerprint density at radius 3 is 2.81 bits per heavy atom. The first-order valence-electron chi connectivity index (χ1n) is 4.89. The van der Waals surface area contributed by atoms with Crippen molar-refractivity contribution in [3.63, 3.8) is 0 Å². The van der Waals surface area contributed by atoms with E-state index in [2.05, 4.69) is 5.32 Å². The molecule has 0 atom stereocenters. The minimum absolute atomic E-state index is 0.120. The van der Waals surface area contributed by atoms with Gasteiger partial charge in [0.05, 0.1) is 25.8 Å². The monoisotopic (exact) mass is 224 g/mol. The lowest BCUT2D eigenvalue weighted by atomic mass is 10.2. The molecule has 0 saturated carbocycles. The number of hydrogen-bond acceptors (Lipinski definition) is 4. The van der Waals surface area contributed by atoms with Gasteiger partial charge < -0.3 is 20.5 Å². The number of nitrogens with two attached hydrogens (primary N) is 1. The van der Waals surface area contributed by atoms with Crippen LogP contribution < -0.4 is 15.8 Å². The Morgan fingerprint density at radius 2 is 2.19 bits per heavy atom. The molecule has 0 saturated heterocycles. The summed E-state index contributed by atoms with van der Waals surface area (Å²) in [6.45, 7) is 0.392. The number of benzene rings is 1. The third-order valence-corrected chi connectivity index (χ3v) is 2.03. The predicted molar refractivity (Wildman–Crippen MR) is 62.5 cm³/mol. The summed E-state index contributed by atoms with van der Waals surface area (Å²) in [5, 5.41) is 2.72. The third-order valence-electron chi connectivity index (χ3n) is 2.03. The Hall–Kier alpha value is -1.75. The van der Waals surface area contributed by atoms with Crippen LogP contribution in [0.2, 0.25) is 0 Å². The number of carbonyl (C=O) groups excluding carboxylic acids is 1. The molecule has 0 radical (unpaired) electrons. The van der Waals surface area contributed by atoms with Gasteiger partial charge in [0.15, 0.2) is 0 Å². The Labute approximate surface area is 94.5 Å². The number of amides is 1. The molecule has 1 rings (SSSR count). The minimum Gasteiger partial charge on any atom is -0.494 e. The van der Waals surface area contributed by atoms with Crippen LogP contribution in [0.1, 0.15) is 6.42 Å². The van der Waals surface area contributed by atoms with Crippen LogP contribution >= 0.6 is 0 Å². The quantitative estimate of drug-likeness (QED) is 0.738. The molecule has 0 fully saturated rings. The van der Waals surface area contributed by atoms with Crippen LogP contribution in [-0.4, -0.2) is 26.7 Å². The highest BCUT2D eigenvalue weighted by Crippen LogP contribution is 2.26. The second kappa shape index (κ2) is 5.97. The molecule has 0 heterocycles. The van der Waals surface area contributed by atoms with Crippen LogP contribution in [0.3, 0.4) is 0 Å². The first-order chi connectivity index (χ1) is 7.67. The molecule has 0 aliphatic heterocycles. The van der Waals surface area contributed by atoms with Gasteiger partial charge in [-0.05, 0) is 12.1 Å². The lowest BCUT2D eigenvalue weighted by molar-refractivity contribution is -0.117. The second-order valence-electron chi connectivity index (χ2n) is 3.25. The summed E-state index contributed by atoms with van der Waals surface area (Å²) >= 11 is 0. The van der Waals surface area contributed by atoms with Crippen molar-refractivity contribution in [3.05, 3.63) is 18.2 Å². The summed E-state index contributed by atoms with van der Waals surface area (Å²) < 4.78 is 9.92. The average Bonchev–Trinajstić information content (AvgIpc) is 2.28. The Kier molecular flexibility index (Phi) is 4.60. The minimum atomic E-state index is -0.120. The smallest absolute Gasteiger partial charge is 0.226 e. The lowest BCUT2D eigenvalue weighted by Crippen LogP contribution is -2.14. The van der Waals surface area contributed by atoms with Crippen molar-refractivity contribution in [2.24, 2.45) is 0 Å². The third kappa shape index (κ3) is 3.43. The number of anilines is 2. The zero-order chi connectivity index (χ0) is 12.0. The maximum atomic E-state index is 11.4. The van der Waals surface area contributed by atoms with Crippen molar-refractivity contribution >= 4 is 17.3 Å². The number of nitrogen functional groups attached to an aromatic ring is 1. The van der Waals surface area contributed by atoms with E-state index in [0.717, 1.165) is 0 Å². The molecule has 1 aromatic rings. The van der Waals surface area contributed by atoms with Crippen LogP contribution in [0.5, 0.6) is 5.75 Å². The summed E-state index contributed by atoms with van der Waals surface area (Å²) in [5.41, 5.74) is 6.80. The molecule has 0 aliphatic rings. The number of ether oxygens (including phenoxy) is 2. The first-order valence-corrected chi connectivity index (χ1v) is 4.89. The highest BCUT2D eigenvalue weighted by Gasteiger charge is 2.07. The van der Waals surface area contributed by atoms with Gasteiger partial charge in [0.25, 0.3) is 0 Å². The Balaban J connectivity index is 2.69. The molecule has 5 nitrogen and oxygen atoms in total. The highest BCUT2D eigenvalue weighted by atomic mass is 16.5. The maximum absolute atomic E-state index is 11.4. The van der Waals surface area contributed by atoms with Gasteiger partial charge in [-0.1, -0.05) is 0 Å². The number of carbonyl (C=O) groups is 1. The molecule has 0 bridgehead atoms. The van der Waals surface area contributed by atoms with Crippen molar-refractivity contribution in [1.29, 1.82) is 0 Å². The van der Waals surface area contributed by atoms with E-state index in [1.54, 1.807) is 25.3 Å². The van der Waals surface area contributed by atoms with Gasteiger partial charge in [0, 0.05) is 18.9 Å². The van der Waals surface area contributed by atoms with Crippen molar-refractivity contribution in [2.75, 3.05) is 31.9 Å². The van der Waals surface area contributed by atoms with Crippen molar-refractivity contribution in [1.82, 2.24) is 0 Å². The highest BCUT2D eigenvalue weighted by molar-refractivity contribution is 5.92. The van der Waals surface area contributed by atoms with E-state index < -0.39 is 0 Å². The predicted octanol–water partition coefficient (Wildman–Crippen LogP) is 1.25. The van der Waals surface area contributed by atoms with Gasteiger partial charge in [0.2, 0.25) is 5.91 Å². The summed E-state index contributed by atoms with van der Waals surface area (Å²) in [4.78, 5) is 11.4. The molecule has 0 aromatic heterocycles. The van der Waals surface area contributed by atoms with Gasteiger partial charge >= 0.3 is 0 Å². The van der Waals surface area contributed by atoms with E-state index in [1.807, 2.05) is 0 Å². The first kappa shape index (κ1) is 12.3. The normalized spacial score (nSPS) is 9.88. The SMILES string of the molecule is COCCC(=O)Nc1ccc(N)cc1OC. The maximum Gasteiger partial charge on any atom is 0.226 e. The molecular formula is C11H16N2O3. The van der Waals surface area contributed by atoms with Gasteiger partial charge in [-0.2, -0.15) is 0 Å². The summed E-state index contributed by atoms with van der Waals surface area (Å²) in [5.74, 6) is 0.427. The summed E-state index contributed by atoms with van der Waals surface area (Å²) in [7, 11) is 3.08. The standard InChI is InChI=1S/C11H16N2O3/c1-15-6-5-11(14)13-9-4-3-8(12)7-10(9)16-2/h3-4,7H,5-6,12H2,1-2H3,(H,13,14). The fraction of sp³-hybridized carbons (Fsp3) is 0.364. The number of hydrogen-bond donors (Lipinski definition) is 2. The van der Waals surface area contributed by atoms with Gasteiger partial charge in [-0.15, -0.1) is 0 Å². The van der Waals surface area contributed by atoms with E-state index in [0.29, 0.717) is 30.2 Å². The van der Waals surface area contributed by atoms with Crippen molar-refractivity contribution in [2.45, 2.75) is 6.42 Å². The zero-order valence-electron chi connectivity index (χ0n) is 9.45. The lowest BCUT2D eigenvalue weighted by Gasteiger charge is -2.10. The molecule has 0 spiro atoms. The van der Waals surface area contributed by atoms with Crippen LogP contribution in [0.25, 0.3) is 0 Å². The summed E-state index contributed by atoms with van der Waals surface area (Å²) in [6, 6.07) is 5.07. The molecule has 1 aromatic carbocycles. The second-order valence-corrected chi connectivity index (χ2v) is 3.25. The number of methoxy groups -OCH3 is 2. The van der Waals surface area contributed by atoms with Crippen LogP contribution in [0, 0.1) is 0 Å². The van der Waals surface area contributed by atoms with Gasteiger partial charge in [0.1, 0.15) is 5.75 Å². The molecule has 1 amide bonds. The fourth-order valence-electron chi connectivity index (χ4n) is 1.22. The summed E-state index contributed by atoms with van der Waals surface area (Å²) in [6.07, 6.45) is 0.310. The van der Waals surface area contributed by atoms with E-state index in [4.69, 9.17) is 15.2 Å². The molecular weight excluding hydrogens is 208 g/mol. The van der Waals surface area contributed by atoms with E-state index in [1.165, 1.54) is 7.11 Å². The number of rotatable bonds is 5. The zero-order valence-corrected chi connectivity index (χ0v) is 9.45. The fourth-order valence-corrected chi connectivity index (χ4v) is 1.22. The molecule has 3 N–H and O–H groups in total. The van der Waals surface area contributed by atoms with Crippen molar-refractivity contribution < 1.29 is 14.3 Å². The molecule has 16 heavy (non-hydrogen) atoms. The molecule has 0 unspecified atom stereocenters. The van der Waals surface area contributed by atoms with Crippen LogP contribution in [-0.2, 0) is 9.53 Å².